The van der Waals surface area contributed by atoms with Crippen molar-refractivity contribution >= 4 is 11.7 Å². The summed E-state index contributed by atoms with van der Waals surface area (Å²) in [7, 11) is 1.75. The van der Waals surface area contributed by atoms with E-state index in [4.69, 9.17) is 10.9 Å². The second kappa shape index (κ2) is 5.52. The predicted molar refractivity (Wildman–Crippen MR) is 74.4 cm³/mol. The molecule has 1 saturated carbocycles. The number of nitrogens with zero attached hydrogens (tertiary/aromatic N) is 3. The summed E-state index contributed by atoms with van der Waals surface area (Å²) in [5.74, 6) is 0.349. The number of nitrogens with one attached hydrogen (secondary N) is 1. The first-order valence-electron chi connectivity index (χ1n) is 6.77. The van der Waals surface area contributed by atoms with E-state index >= 15 is 0 Å². The predicted octanol–water partition coefficient (Wildman–Crippen LogP) is 0.845. The normalized spacial score (nSPS) is 27.3. The standard InChI is InChI=1S/C13H21N5O2/c1-9-3-6-13(7-4-9,12(14)17-20)15-11(19)10-5-8-18(2)16-10/h5,8-9,20H,3-4,6-7H2,1-2H3,(H2,14,17)(H,15,19). The average molecular weight is 279 g/mol. The summed E-state index contributed by atoms with van der Waals surface area (Å²) in [5, 5.41) is 19.1. The van der Waals surface area contributed by atoms with Crippen LogP contribution in [-0.4, -0.2) is 32.3 Å². The zero-order valence-electron chi connectivity index (χ0n) is 11.8. The number of hydrogen-bond donors (Lipinski definition) is 3. The van der Waals surface area contributed by atoms with Crippen LogP contribution in [0.15, 0.2) is 17.4 Å². The molecule has 0 aromatic carbocycles. The van der Waals surface area contributed by atoms with Crippen LogP contribution in [0.25, 0.3) is 0 Å². The van der Waals surface area contributed by atoms with Crippen molar-refractivity contribution in [3.8, 4) is 0 Å². The number of carbonyl (C=O) groups excluding carboxylic acids is 1. The molecule has 1 heterocycles. The van der Waals surface area contributed by atoms with Gasteiger partial charge in [0.1, 0.15) is 11.2 Å². The lowest BCUT2D eigenvalue weighted by molar-refractivity contribution is 0.0891. The molecule has 0 saturated heterocycles. The van der Waals surface area contributed by atoms with Crippen LogP contribution in [0.5, 0.6) is 0 Å². The van der Waals surface area contributed by atoms with Crippen molar-refractivity contribution in [3.63, 3.8) is 0 Å². The average Bonchev–Trinajstić information content (AvgIpc) is 2.87. The van der Waals surface area contributed by atoms with E-state index < -0.39 is 5.54 Å². The van der Waals surface area contributed by atoms with E-state index in [1.54, 1.807) is 24.0 Å². The molecule has 0 atom stereocenters. The van der Waals surface area contributed by atoms with Gasteiger partial charge in [-0.2, -0.15) is 5.10 Å². The van der Waals surface area contributed by atoms with Crippen molar-refractivity contribution < 1.29 is 10.0 Å². The van der Waals surface area contributed by atoms with E-state index in [1.165, 1.54) is 0 Å². The maximum atomic E-state index is 12.3. The van der Waals surface area contributed by atoms with Crippen molar-refractivity contribution in [1.82, 2.24) is 15.1 Å². The monoisotopic (exact) mass is 279 g/mol. The van der Waals surface area contributed by atoms with Gasteiger partial charge >= 0.3 is 0 Å². The molecule has 1 aromatic rings. The van der Waals surface area contributed by atoms with Gasteiger partial charge in [-0.05, 0) is 37.7 Å². The van der Waals surface area contributed by atoms with Crippen molar-refractivity contribution in [1.29, 1.82) is 0 Å². The highest BCUT2D eigenvalue weighted by Crippen LogP contribution is 2.32. The Kier molecular flexibility index (Phi) is 3.96. The molecule has 20 heavy (non-hydrogen) atoms. The fourth-order valence-corrected chi connectivity index (χ4v) is 2.61. The highest BCUT2D eigenvalue weighted by atomic mass is 16.4. The Labute approximate surface area is 117 Å². The first kappa shape index (κ1) is 14.4. The largest absolute Gasteiger partial charge is 0.409 e. The SMILES string of the molecule is CC1CCC(NC(=O)c2ccn(C)n2)(/C(N)=N/O)CC1. The van der Waals surface area contributed by atoms with Gasteiger partial charge in [-0.3, -0.25) is 9.48 Å². The number of nitrogens with two attached hydrogens (primary N) is 1. The van der Waals surface area contributed by atoms with Crippen LogP contribution in [-0.2, 0) is 7.05 Å². The summed E-state index contributed by atoms with van der Waals surface area (Å²) >= 11 is 0. The molecule has 1 amide bonds. The van der Waals surface area contributed by atoms with E-state index in [-0.39, 0.29) is 11.7 Å². The molecule has 1 aliphatic carbocycles. The Hall–Kier alpha value is -2.05. The number of amides is 1. The molecule has 4 N–H and O–H groups in total. The number of aromatic nitrogens is 2. The molecule has 1 aromatic heterocycles. The number of carbonyl (C=O) groups is 1. The highest BCUT2D eigenvalue weighted by Gasteiger charge is 2.40. The van der Waals surface area contributed by atoms with Crippen LogP contribution in [0.1, 0.15) is 43.1 Å². The lowest BCUT2D eigenvalue weighted by Gasteiger charge is -2.38. The van der Waals surface area contributed by atoms with Crippen molar-refractivity contribution in [3.05, 3.63) is 18.0 Å². The van der Waals surface area contributed by atoms with Crippen molar-refractivity contribution in [2.24, 2.45) is 23.9 Å². The van der Waals surface area contributed by atoms with Gasteiger partial charge in [-0.15, -0.1) is 0 Å². The molecule has 7 nitrogen and oxygen atoms in total. The van der Waals surface area contributed by atoms with Crippen LogP contribution < -0.4 is 11.1 Å². The van der Waals surface area contributed by atoms with Gasteiger partial charge in [-0.1, -0.05) is 12.1 Å². The van der Waals surface area contributed by atoms with Gasteiger partial charge in [0.25, 0.3) is 5.91 Å². The van der Waals surface area contributed by atoms with Crippen molar-refractivity contribution in [2.45, 2.75) is 38.1 Å². The third-order valence-corrected chi connectivity index (χ3v) is 4.02. The minimum atomic E-state index is -0.768. The number of oxime groups is 1. The smallest absolute Gasteiger partial charge is 0.272 e. The zero-order valence-corrected chi connectivity index (χ0v) is 11.8. The fourth-order valence-electron chi connectivity index (χ4n) is 2.61. The molecular formula is C13H21N5O2. The molecule has 0 bridgehead atoms. The lowest BCUT2D eigenvalue weighted by Crippen LogP contribution is -2.59. The summed E-state index contributed by atoms with van der Waals surface area (Å²) < 4.78 is 1.56. The Bertz CT molecular complexity index is 515. The third-order valence-electron chi connectivity index (χ3n) is 4.02. The van der Waals surface area contributed by atoms with Gasteiger partial charge in [0.2, 0.25) is 0 Å². The second-order valence-corrected chi connectivity index (χ2v) is 5.58. The van der Waals surface area contributed by atoms with E-state index in [2.05, 4.69) is 22.5 Å². The van der Waals surface area contributed by atoms with Crippen LogP contribution in [0.3, 0.4) is 0 Å². The van der Waals surface area contributed by atoms with Crippen LogP contribution in [0.4, 0.5) is 0 Å². The van der Waals surface area contributed by atoms with E-state index in [0.717, 1.165) is 12.8 Å². The van der Waals surface area contributed by atoms with Gasteiger partial charge in [-0.25, -0.2) is 0 Å². The number of rotatable bonds is 3. The zero-order chi connectivity index (χ0) is 14.8. The van der Waals surface area contributed by atoms with Gasteiger partial charge in [0.05, 0.1) is 0 Å². The molecule has 0 unspecified atom stereocenters. The van der Waals surface area contributed by atoms with Crippen LogP contribution in [0, 0.1) is 5.92 Å². The second-order valence-electron chi connectivity index (χ2n) is 5.58. The topological polar surface area (TPSA) is 106 Å². The number of amidine groups is 1. The van der Waals surface area contributed by atoms with E-state index in [1.807, 2.05) is 0 Å². The minimum absolute atomic E-state index is 0.0636. The summed E-state index contributed by atoms with van der Waals surface area (Å²) in [6.45, 7) is 2.16. The number of aryl methyl sites for hydroxylation is 1. The first-order valence-corrected chi connectivity index (χ1v) is 6.77. The molecule has 1 aliphatic rings. The van der Waals surface area contributed by atoms with Gasteiger partial charge in [0, 0.05) is 13.2 Å². The minimum Gasteiger partial charge on any atom is -0.409 e. The fraction of sp³-hybridized carbons (Fsp3) is 0.615. The maximum Gasteiger partial charge on any atom is 0.272 e. The molecular weight excluding hydrogens is 258 g/mol. The summed E-state index contributed by atoms with van der Waals surface area (Å²) in [5.41, 5.74) is 5.38. The van der Waals surface area contributed by atoms with E-state index in [0.29, 0.717) is 24.5 Å². The molecule has 0 spiro atoms. The van der Waals surface area contributed by atoms with Crippen LogP contribution in [0.2, 0.25) is 0 Å². The molecule has 7 heteroatoms. The Balaban J connectivity index is 2.18. The van der Waals surface area contributed by atoms with E-state index in [9.17, 15) is 4.79 Å². The Morgan fingerprint density at radius 3 is 2.75 bits per heavy atom. The molecule has 1 fully saturated rings. The maximum absolute atomic E-state index is 12.3. The van der Waals surface area contributed by atoms with Gasteiger partial charge < -0.3 is 16.3 Å². The van der Waals surface area contributed by atoms with Crippen LogP contribution >= 0.6 is 0 Å². The Morgan fingerprint density at radius 1 is 1.60 bits per heavy atom. The molecule has 2 rings (SSSR count). The summed E-state index contributed by atoms with van der Waals surface area (Å²) in [6, 6.07) is 1.64. The first-order chi connectivity index (χ1) is 9.47. The molecule has 0 radical (unpaired) electrons. The van der Waals surface area contributed by atoms with Gasteiger partial charge in [0.15, 0.2) is 5.84 Å². The third kappa shape index (κ3) is 2.76. The summed E-state index contributed by atoms with van der Waals surface area (Å²) in [6.07, 6.45) is 4.90. The summed E-state index contributed by atoms with van der Waals surface area (Å²) in [4.78, 5) is 12.3. The van der Waals surface area contributed by atoms with Crippen molar-refractivity contribution in [2.75, 3.05) is 0 Å². The number of hydrogen-bond acceptors (Lipinski definition) is 4. The molecule has 110 valence electrons. The quantitative estimate of drug-likeness (QED) is 0.330. The lowest BCUT2D eigenvalue weighted by atomic mass is 9.76. The molecule has 0 aliphatic heterocycles. The highest BCUT2D eigenvalue weighted by molar-refractivity contribution is 5.99. The Morgan fingerprint density at radius 2 is 2.25 bits per heavy atom.